The van der Waals surface area contributed by atoms with E-state index in [-0.39, 0.29) is 12.4 Å². The first-order valence-corrected chi connectivity index (χ1v) is 7.92. The van der Waals surface area contributed by atoms with Gasteiger partial charge in [0.15, 0.2) is 0 Å². The lowest BCUT2D eigenvalue weighted by molar-refractivity contribution is 0.186. The molecule has 0 amide bonds. The molecule has 1 unspecified atom stereocenters. The fraction of sp³-hybridized carbons (Fsp3) is 0.562. The Balaban J connectivity index is 0.00000192. The third-order valence-corrected chi connectivity index (χ3v) is 4.48. The van der Waals surface area contributed by atoms with Gasteiger partial charge in [0.05, 0.1) is 5.69 Å². The van der Waals surface area contributed by atoms with Gasteiger partial charge in [0.1, 0.15) is 5.82 Å². The van der Waals surface area contributed by atoms with Crippen LogP contribution in [0.2, 0.25) is 0 Å². The molecule has 0 saturated heterocycles. The van der Waals surface area contributed by atoms with Crippen LogP contribution in [0.3, 0.4) is 0 Å². The summed E-state index contributed by atoms with van der Waals surface area (Å²) in [6.45, 7) is 10.3. The Kier molecular flexibility index (Phi) is 5.26. The molecule has 0 saturated carbocycles. The van der Waals surface area contributed by atoms with Gasteiger partial charge in [-0.05, 0) is 33.3 Å². The van der Waals surface area contributed by atoms with Crippen LogP contribution < -0.4 is 5.73 Å². The number of hydrogen-bond donors (Lipinski definition) is 1. The minimum absolute atomic E-state index is 0. The molecular formula is C16H25ClN6. The van der Waals surface area contributed by atoms with Crippen molar-refractivity contribution in [3.05, 3.63) is 28.7 Å². The van der Waals surface area contributed by atoms with Crippen molar-refractivity contribution in [1.29, 1.82) is 0 Å². The highest BCUT2D eigenvalue weighted by molar-refractivity contribution is 5.85. The number of nitrogens with two attached hydrogens (primary N) is 1. The first-order chi connectivity index (χ1) is 10.5. The number of halogens is 1. The molecule has 126 valence electrons. The Morgan fingerprint density at radius 3 is 2.52 bits per heavy atom. The molecule has 0 aliphatic carbocycles. The minimum Gasteiger partial charge on any atom is -0.383 e. The van der Waals surface area contributed by atoms with Crippen molar-refractivity contribution >= 4 is 18.2 Å². The Labute approximate surface area is 143 Å². The maximum Gasteiger partial charge on any atom is 0.252 e. The fourth-order valence-electron chi connectivity index (χ4n) is 3.00. The third kappa shape index (κ3) is 3.33. The lowest BCUT2D eigenvalue weighted by atomic mass is 10.0. The molecule has 2 aromatic rings. The first-order valence-electron chi connectivity index (χ1n) is 7.92. The smallest absolute Gasteiger partial charge is 0.252 e. The van der Waals surface area contributed by atoms with E-state index >= 15 is 0 Å². The summed E-state index contributed by atoms with van der Waals surface area (Å²) in [7, 11) is 0. The molecular weight excluding hydrogens is 312 g/mol. The topological polar surface area (TPSA) is 72.9 Å². The van der Waals surface area contributed by atoms with E-state index in [1.807, 2.05) is 19.9 Å². The molecule has 1 atom stereocenters. The lowest BCUT2D eigenvalue weighted by Gasteiger charge is -2.31. The molecule has 0 radical (unpaired) electrons. The summed E-state index contributed by atoms with van der Waals surface area (Å²) < 4.78 is 1.70. The number of aryl methyl sites for hydroxylation is 2. The van der Waals surface area contributed by atoms with Crippen molar-refractivity contribution in [2.75, 3.05) is 12.3 Å². The van der Waals surface area contributed by atoms with Crippen LogP contribution in [0.4, 0.5) is 5.82 Å². The van der Waals surface area contributed by atoms with Crippen LogP contribution in [0.5, 0.6) is 0 Å². The Morgan fingerprint density at radius 1 is 1.26 bits per heavy atom. The van der Waals surface area contributed by atoms with Gasteiger partial charge in [-0.15, -0.1) is 12.4 Å². The van der Waals surface area contributed by atoms with Gasteiger partial charge in [-0.2, -0.15) is 9.78 Å². The van der Waals surface area contributed by atoms with E-state index < -0.39 is 0 Å². The van der Waals surface area contributed by atoms with E-state index in [2.05, 4.69) is 33.8 Å². The van der Waals surface area contributed by atoms with Gasteiger partial charge >= 0.3 is 0 Å². The molecule has 1 aliphatic heterocycles. The Morgan fingerprint density at radius 2 is 1.91 bits per heavy atom. The van der Waals surface area contributed by atoms with E-state index in [0.717, 1.165) is 48.6 Å². The second-order valence-corrected chi connectivity index (χ2v) is 6.15. The second-order valence-electron chi connectivity index (χ2n) is 6.15. The van der Waals surface area contributed by atoms with Gasteiger partial charge in [-0.25, -0.2) is 9.97 Å². The summed E-state index contributed by atoms with van der Waals surface area (Å²) in [6.07, 6.45) is 2.07. The highest BCUT2D eigenvalue weighted by atomic mass is 35.5. The molecule has 2 aromatic heterocycles. The van der Waals surface area contributed by atoms with E-state index in [9.17, 15) is 0 Å². The van der Waals surface area contributed by atoms with Gasteiger partial charge in [0.2, 0.25) is 0 Å². The zero-order valence-corrected chi connectivity index (χ0v) is 15.0. The largest absolute Gasteiger partial charge is 0.383 e. The fourth-order valence-corrected chi connectivity index (χ4v) is 3.00. The number of nitrogen functional groups attached to an aromatic ring is 1. The predicted octanol–water partition coefficient (Wildman–Crippen LogP) is 2.44. The highest BCUT2D eigenvalue weighted by Crippen LogP contribution is 2.27. The molecule has 0 bridgehead atoms. The predicted molar refractivity (Wildman–Crippen MR) is 94.2 cm³/mol. The van der Waals surface area contributed by atoms with Crippen molar-refractivity contribution in [2.45, 2.75) is 53.1 Å². The van der Waals surface area contributed by atoms with Crippen molar-refractivity contribution in [3.63, 3.8) is 0 Å². The molecule has 7 heteroatoms. The zero-order chi connectivity index (χ0) is 15.9. The quantitative estimate of drug-likeness (QED) is 0.932. The minimum atomic E-state index is 0. The van der Waals surface area contributed by atoms with E-state index in [4.69, 9.17) is 5.73 Å². The third-order valence-electron chi connectivity index (χ3n) is 4.48. The summed E-state index contributed by atoms with van der Waals surface area (Å²) in [6, 6.07) is 2.52. The normalized spacial score (nSPS) is 15.8. The number of hydrogen-bond acceptors (Lipinski definition) is 5. The molecule has 1 aliphatic rings. The molecule has 0 spiro atoms. The molecule has 3 rings (SSSR count). The van der Waals surface area contributed by atoms with E-state index in [1.165, 1.54) is 0 Å². The van der Waals surface area contributed by atoms with Crippen LogP contribution in [0.25, 0.3) is 5.95 Å². The van der Waals surface area contributed by atoms with Crippen molar-refractivity contribution < 1.29 is 0 Å². The molecule has 6 nitrogen and oxygen atoms in total. The first kappa shape index (κ1) is 17.7. The van der Waals surface area contributed by atoms with Gasteiger partial charge < -0.3 is 5.73 Å². The van der Waals surface area contributed by atoms with Gasteiger partial charge in [0, 0.05) is 42.5 Å². The van der Waals surface area contributed by atoms with Crippen molar-refractivity contribution in [3.8, 4) is 5.95 Å². The number of nitrogens with zero attached hydrogens (tertiary/aromatic N) is 5. The van der Waals surface area contributed by atoms with Crippen LogP contribution in [0.1, 0.15) is 42.9 Å². The Bertz CT molecular complexity index is 676. The SMILES string of the molecule is CCC(C)N1CCc2nn(-c3nc(C)cc(C)n3)c(N)c2C1.Cl. The van der Waals surface area contributed by atoms with Crippen LogP contribution >= 0.6 is 12.4 Å². The summed E-state index contributed by atoms with van der Waals surface area (Å²) in [5.74, 6) is 1.24. The summed E-state index contributed by atoms with van der Waals surface area (Å²) in [5.41, 5.74) is 10.4. The standard InChI is InChI=1S/C16H24N6.ClH/c1-5-12(4)21-7-6-14-13(9-21)15(17)22(20-14)16-18-10(2)8-11(3)19-16;/h8,12H,5-7,9,17H2,1-4H3;1H. The molecule has 0 fully saturated rings. The average molecular weight is 337 g/mol. The summed E-state index contributed by atoms with van der Waals surface area (Å²) in [5, 5.41) is 4.66. The number of anilines is 1. The molecule has 3 heterocycles. The molecule has 0 aromatic carbocycles. The zero-order valence-electron chi connectivity index (χ0n) is 14.2. The van der Waals surface area contributed by atoms with Crippen LogP contribution in [-0.2, 0) is 13.0 Å². The number of aromatic nitrogens is 4. The maximum atomic E-state index is 6.35. The van der Waals surface area contributed by atoms with Crippen molar-refractivity contribution in [1.82, 2.24) is 24.6 Å². The van der Waals surface area contributed by atoms with Gasteiger partial charge in [0.25, 0.3) is 5.95 Å². The van der Waals surface area contributed by atoms with Crippen LogP contribution in [0.15, 0.2) is 6.07 Å². The van der Waals surface area contributed by atoms with E-state index in [0.29, 0.717) is 17.8 Å². The number of rotatable bonds is 3. The highest BCUT2D eigenvalue weighted by Gasteiger charge is 2.26. The molecule has 23 heavy (non-hydrogen) atoms. The van der Waals surface area contributed by atoms with E-state index in [1.54, 1.807) is 4.68 Å². The van der Waals surface area contributed by atoms with Gasteiger partial charge in [-0.1, -0.05) is 6.92 Å². The summed E-state index contributed by atoms with van der Waals surface area (Å²) >= 11 is 0. The monoisotopic (exact) mass is 336 g/mol. The number of fused-ring (bicyclic) bond motifs is 1. The van der Waals surface area contributed by atoms with Gasteiger partial charge in [-0.3, -0.25) is 4.90 Å². The molecule has 2 N–H and O–H groups in total. The van der Waals surface area contributed by atoms with Crippen molar-refractivity contribution in [2.24, 2.45) is 0 Å². The Hall–Kier alpha value is -1.66. The van der Waals surface area contributed by atoms with Crippen LogP contribution in [-0.4, -0.2) is 37.2 Å². The average Bonchev–Trinajstić information content (AvgIpc) is 2.82. The van der Waals surface area contributed by atoms with Crippen LogP contribution in [0, 0.1) is 13.8 Å². The lowest BCUT2D eigenvalue weighted by Crippen LogP contribution is -2.37. The summed E-state index contributed by atoms with van der Waals surface area (Å²) in [4.78, 5) is 11.4. The maximum absolute atomic E-state index is 6.35. The second kappa shape index (κ2) is 6.84.